The number of amides is 2. The Bertz CT molecular complexity index is 463. The third-order valence-corrected chi connectivity index (χ3v) is 3.35. The van der Waals surface area contributed by atoms with Gasteiger partial charge in [0.15, 0.2) is 0 Å². The number of hydrogen-bond donors (Lipinski definition) is 2. The number of benzene rings is 1. The van der Waals surface area contributed by atoms with Crippen LogP contribution in [0.2, 0.25) is 0 Å². The number of primary amides is 1. The molecular weight excluding hydrogens is 280 g/mol. The molecule has 108 valence electrons. The van der Waals surface area contributed by atoms with Crippen molar-refractivity contribution in [3.63, 3.8) is 0 Å². The predicted molar refractivity (Wildman–Crippen MR) is 76.0 cm³/mol. The second kappa shape index (κ2) is 8.21. The van der Waals surface area contributed by atoms with Crippen LogP contribution in [0.25, 0.3) is 0 Å². The van der Waals surface area contributed by atoms with Gasteiger partial charge < -0.3 is 15.7 Å². The first kappa shape index (κ1) is 16.0. The van der Waals surface area contributed by atoms with E-state index in [0.29, 0.717) is 5.75 Å². The number of carboxylic acid groups (broad SMARTS) is 1. The lowest BCUT2D eigenvalue weighted by Gasteiger charge is -2.18. The fourth-order valence-corrected chi connectivity index (χ4v) is 2.39. The molecular formula is C13H16N2O4S. The van der Waals surface area contributed by atoms with Crippen molar-refractivity contribution in [3.8, 4) is 0 Å². The van der Waals surface area contributed by atoms with E-state index in [1.807, 2.05) is 30.3 Å². The Kier molecular flexibility index (Phi) is 6.58. The molecule has 1 aromatic rings. The number of carbonyl (C=O) groups excluding carboxylic acids is 2. The number of aliphatic carboxylic acids is 1. The van der Waals surface area contributed by atoms with E-state index in [4.69, 9.17) is 10.8 Å². The van der Waals surface area contributed by atoms with Crippen LogP contribution >= 0.6 is 11.8 Å². The summed E-state index contributed by atoms with van der Waals surface area (Å²) in [5.74, 6) is -1.56. The lowest BCUT2D eigenvalue weighted by atomic mass is 10.2. The maximum atomic E-state index is 11.8. The van der Waals surface area contributed by atoms with Crippen LogP contribution in [-0.2, 0) is 20.1 Å². The summed E-state index contributed by atoms with van der Waals surface area (Å²) in [6.07, 6.45) is 0. The molecule has 0 aliphatic carbocycles. The summed E-state index contributed by atoms with van der Waals surface area (Å²) in [6, 6.07) is 9.59. The molecule has 1 rings (SSSR count). The zero-order valence-corrected chi connectivity index (χ0v) is 11.6. The minimum Gasteiger partial charge on any atom is -0.480 e. The Balaban J connectivity index is 2.45. The summed E-state index contributed by atoms with van der Waals surface area (Å²) in [5, 5.41) is 8.70. The summed E-state index contributed by atoms with van der Waals surface area (Å²) in [4.78, 5) is 34.2. The fourth-order valence-electron chi connectivity index (χ4n) is 1.51. The van der Waals surface area contributed by atoms with E-state index in [0.717, 1.165) is 10.5 Å². The van der Waals surface area contributed by atoms with Crippen molar-refractivity contribution in [1.82, 2.24) is 4.90 Å². The van der Waals surface area contributed by atoms with Crippen LogP contribution in [0.15, 0.2) is 30.3 Å². The van der Waals surface area contributed by atoms with Crippen molar-refractivity contribution in [2.24, 2.45) is 5.73 Å². The van der Waals surface area contributed by atoms with Gasteiger partial charge in [0.1, 0.15) is 6.54 Å². The molecule has 0 unspecified atom stereocenters. The van der Waals surface area contributed by atoms with E-state index in [9.17, 15) is 14.4 Å². The number of rotatable bonds is 8. The van der Waals surface area contributed by atoms with Crippen molar-refractivity contribution in [2.75, 3.05) is 18.8 Å². The van der Waals surface area contributed by atoms with Crippen LogP contribution in [0.1, 0.15) is 5.56 Å². The normalized spacial score (nSPS) is 10.0. The van der Waals surface area contributed by atoms with Gasteiger partial charge in [0.05, 0.1) is 12.3 Å². The highest BCUT2D eigenvalue weighted by Crippen LogP contribution is 2.12. The molecule has 0 spiro atoms. The molecule has 3 N–H and O–H groups in total. The average Bonchev–Trinajstić information content (AvgIpc) is 2.38. The van der Waals surface area contributed by atoms with Crippen LogP contribution in [0.4, 0.5) is 0 Å². The zero-order valence-electron chi connectivity index (χ0n) is 10.8. The van der Waals surface area contributed by atoms with Crippen molar-refractivity contribution in [1.29, 1.82) is 0 Å². The van der Waals surface area contributed by atoms with Crippen LogP contribution in [-0.4, -0.2) is 46.6 Å². The highest BCUT2D eigenvalue weighted by Gasteiger charge is 2.18. The van der Waals surface area contributed by atoms with E-state index in [-0.39, 0.29) is 12.3 Å². The molecule has 0 aromatic heterocycles. The molecule has 0 aliphatic heterocycles. The molecule has 0 aliphatic rings. The van der Waals surface area contributed by atoms with Gasteiger partial charge >= 0.3 is 5.97 Å². The smallest absolute Gasteiger partial charge is 0.323 e. The van der Waals surface area contributed by atoms with Gasteiger partial charge in [0.2, 0.25) is 11.8 Å². The Morgan fingerprint density at radius 2 is 1.80 bits per heavy atom. The van der Waals surface area contributed by atoms with Crippen LogP contribution in [0.5, 0.6) is 0 Å². The monoisotopic (exact) mass is 296 g/mol. The van der Waals surface area contributed by atoms with Crippen molar-refractivity contribution in [3.05, 3.63) is 35.9 Å². The number of nitrogens with zero attached hydrogens (tertiary/aromatic N) is 1. The SMILES string of the molecule is NC(=O)CN(CC(=O)O)C(=O)CSCc1ccccc1. The number of thioether (sulfide) groups is 1. The number of carboxylic acids is 1. The minimum absolute atomic E-state index is 0.107. The Hall–Kier alpha value is -2.02. The van der Waals surface area contributed by atoms with Gasteiger partial charge in [-0.1, -0.05) is 30.3 Å². The molecule has 0 atom stereocenters. The van der Waals surface area contributed by atoms with Crippen molar-refractivity contribution < 1.29 is 19.5 Å². The fraction of sp³-hybridized carbons (Fsp3) is 0.308. The summed E-state index contributed by atoms with van der Waals surface area (Å²) < 4.78 is 0. The molecule has 0 fully saturated rings. The van der Waals surface area contributed by atoms with E-state index >= 15 is 0 Å². The molecule has 6 nitrogen and oxygen atoms in total. The number of carbonyl (C=O) groups is 3. The molecule has 1 aromatic carbocycles. The molecule has 0 saturated heterocycles. The lowest BCUT2D eigenvalue weighted by Crippen LogP contribution is -2.42. The second-order valence-corrected chi connectivity index (χ2v) is 5.07. The van der Waals surface area contributed by atoms with Gasteiger partial charge in [-0.25, -0.2) is 0 Å². The largest absolute Gasteiger partial charge is 0.480 e. The van der Waals surface area contributed by atoms with E-state index in [1.54, 1.807) is 0 Å². The van der Waals surface area contributed by atoms with Gasteiger partial charge in [-0.05, 0) is 5.56 Å². The molecule has 20 heavy (non-hydrogen) atoms. The maximum Gasteiger partial charge on any atom is 0.323 e. The van der Waals surface area contributed by atoms with Gasteiger partial charge in [-0.3, -0.25) is 14.4 Å². The van der Waals surface area contributed by atoms with Gasteiger partial charge in [0.25, 0.3) is 0 Å². The number of nitrogens with two attached hydrogens (primary N) is 1. The first-order valence-electron chi connectivity index (χ1n) is 5.88. The maximum absolute atomic E-state index is 11.8. The van der Waals surface area contributed by atoms with E-state index < -0.39 is 24.3 Å². The van der Waals surface area contributed by atoms with Crippen molar-refractivity contribution >= 4 is 29.5 Å². The predicted octanol–water partition coefficient (Wildman–Crippen LogP) is 0.318. The summed E-state index contributed by atoms with van der Waals surface area (Å²) >= 11 is 1.36. The molecule has 7 heteroatoms. The Morgan fingerprint density at radius 1 is 1.15 bits per heavy atom. The zero-order chi connectivity index (χ0) is 15.0. The third kappa shape index (κ3) is 6.24. The highest BCUT2D eigenvalue weighted by molar-refractivity contribution is 7.99. The van der Waals surface area contributed by atoms with Crippen LogP contribution in [0.3, 0.4) is 0 Å². The molecule has 0 saturated carbocycles. The van der Waals surface area contributed by atoms with E-state index in [1.165, 1.54) is 11.8 Å². The van der Waals surface area contributed by atoms with Gasteiger partial charge in [-0.15, -0.1) is 11.8 Å². The topological polar surface area (TPSA) is 101 Å². The molecule has 2 amide bonds. The quantitative estimate of drug-likeness (QED) is 0.719. The van der Waals surface area contributed by atoms with E-state index in [2.05, 4.69) is 0 Å². The first-order valence-corrected chi connectivity index (χ1v) is 7.04. The molecule has 0 bridgehead atoms. The highest BCUT2D eigenvalue weighted by atomic mass is 32.2. The van der Waals surface area contributed by atoms with Gasteiger partial charge in [0, 0.05) is 5.75 Å². The standard InChI is InChI=1S/C13H16N2O4S/c14-11(16)6-15(7-13(18)19)12(17)9-20-8-10-4-2-1-3-5-10/h1-5H,6-9H2,(H2,14,16)(H,18,19). The Labute approximate surface area is 120 Å². The summed E-state index contributed by atoms with van der Waals surface area (Å²) in [7, 11) is 0. The molecule has 0 heterocycles. The summed E-state index contributed by atoms with van der Waals surface area (Å²) in [6.45, 7) is -0.898. The molecule has 0 radical (unpaired) electrons. The lowest BCUT2D eigenvalue weighted by molar-refractivity contribution is -0.144. The second-order valence-electron chi connectivity index (χ2n) is 4.09. The first-order chi connectivity index (χ1) is 9.49. The third-order valence-electron chi connectivity index (χ3n) is 2.36. The summed E-state index contributed by atoms with van der Waals surface area (Å²) in [5.41, 5.74) is 6.07. The number of hydrogen-bond acceptors (Lipinski definition) is 4. The van der Waals surface area contributed by atoms with Crippen LogP contribution in [0, 0.1) is 0 Å². The Morgan fingerprint density at radius 3 is 2.35 bits per heavy atom. The van der Waals surface area contributed by atoms with Crippen molar-refractivity contribution in [2.45, 2.75) is 5.75 Å². The minimum atomic E-state index is -1.17. The van der Waals surface area contributed by atoms with Gasteiger partial charge in [-0.2, -0.15) is 0 Å². The van der Waals surface area contributed by atoms with Crippen LogP contribution < -0.4 is 5.73 Å². The average molecular weight is 296 g/mol.